The van der Waals surface area contributed by atoms with Gasteiger partial charge >= 0.3 is 0 Å². The molecule has 0 bridgehead atoms. The van der Waals surface area contributed by atoms with Crippen LogP contribution in [0.15, 0.2) is 65.3 Å². The summed E-state index contributed by atoms with van der Waals surface area (Å²) >= 11 is 0. The van der Waals surface area contributed by atoms with Crippen molar-refractivity contribution in [2.24, 2.45) is 0 Å². The standard InChI is InChI=1S/C23H22N2O3/c1-15-9-11-18(12-10-15)25-20(26)14-24(21-16(2)6-4-7-17(21)3)23(27)22(25)19-8-5-13-28-19/h4-13,22H,14H2,1-3H3/t22-/m1/s1. The van der Waals surface area contributed by atoms with Crippen LogP contribution >= 0.6 is 0 Å². The number of para-hydroxylation sites is 1. The Hall–Kier alpha value is -3.34. The maximum absolute atomic E-state index is 13.6. The molecule has 2 aromatic carbocycles. The van der Waals surface area contributed by atoms with E-state index in [1.165, 1.54) is 6.26 Å². The van der Waals surface area contributed by atoms with E-state index in [1.807, 2.05) is 63.2 Å². The first-order valence-corrected chi connectivity index (χ1v) is 9.27. The highest BCUT2D eigenvalue weighted by Crippen LogP contribution is 2.36. The predicted molar refractivity (Wildman–Crippen MR) is 108 cm³/mol. The molecule has 2 amide bonds. The highest BCUT2D eigenvalue weighted by atomic mass is 16.3. The van der Waals surface area contributed by atoms with Gasteiger partial charge in [0.1, 0.15) is 12.3 Å². The summed E-state index contributed by atoms with van der Waals surface area (Å²) < 4.78 is 5.57. The van der Waals surface area contributed by atoms with Gasteiger partial charge in [-0.15, -0.1) is 0 Å². The summed E-state index contributed by atoms with van der Waals surface area (Å²) in [5.74, 6) is 0.134. The number of aryl methyl sites for hydroxylation is 3. The zero-order valence-corrected chi connectivity index (χ0v) is 16.2. The Labute approximate surface area is 164 Å². The molecule has 0 radical (unpaired) electrons. The molecular formula is C23H22N2O3. The third-order valence-corrected chi connectivity index (χ3v) is 5.15. The van der Waals surface area contributed by atoms with Gasteiger partial charge in [0.05, 0.1) is 12.0 Å². The van der Waals surface area contributed by atoms with E-state index in [-0.39, 0.29) is 18.4 Å². The smallest absolute Gasteiger partial charge is 0.258 e. The molecule has 3 aromatic rings. The lowest BCUT2D eigenvalue weighted by molar-refractivity contribution is -0.129. The molecule has 0 N–H and O–H groups in total. The van der Waals surface area contributed by atoms with Gasteiger partial charge in [0, 0.05) is 5.69 Å². The number of hydrogen-bond donors (Lipinski definition) is 0. The van der Waals surface area contributed by atoms with Gasteiger partial charge in [-0.25, -0.2) is 0 Å². The Morgan fingerprint density at radius 1 is 0.893 bits per heavy atom. The number of benzene rings is 2. The van der Waals surface area contributed by atoms with Crippen molar-refractivity contribution in [1.82, 2.24) is 0 Å². The van der Waals surface area contributed by atoms with Crippen LogP contribution in [-0.2, 0) is 9.59 Å². The molecule has 5 nitrogen and oxygen atoms in total. The highest BCUT2D eigenvalue weighted by molar-refractivity contribution is 6.14. The minimum absolute atomic E-state index is 0.00435. The van der Waals surface area contributed by atoms with Crippen LogP contribution in [0.3, 0.4) is 0 Å². The summed E-state index contributed by atoms with van der Waals surface area (Å²) in [6.45, 7) is 5.89. The Morgan fingerprint density at radius 2 is 1.57 bits per heavy atom. The lowest BCUT2D eigenvalue weighted by atomic mass is 10.0. The number of carbonyl (C=O) groups is 2. The molecule has 1 saturated heterocycles. The van der Waals surface area contributed by atoms with E-state index in [9.17, 15) is 9.59 Å². The molecule has 0 spiro atoms. The number of furan rings is 1. The molecule has 2 heterocycles. The Kier molecular flexibility index (Phi) is 4.51. The molecule has 1 aliphatic rings. The van der Waals surface area contributed by atoms with Crippen LogP contribution in [0.5, 0.6) is 0 Å². The number of nitrogens with zero attached hydrogens (tertiary/aromatic N) is 2. The number of piperazine rings is 1. The fourth-order valence-electron chi connectivity index (χ4n) is 3.81. The molecule has 1 aliphatic heterocycles. The van der Waals surface area contributed by atoms with Gasteiger partial charge in [-0.2, -0.15) is 0 Å². The second-order valence-electron chi connectivity index (χ2n) is 7.18. The maximum atomic E-state index is 13.6. The molecule has 1 fully saturated rings. The summed E-state index contributed by atoms with van der Waals surface area (Å²) in [6, 6.07) is 16.1. The van der Waals surface area contributed by atoms with Gasteiger partial charge in [-0.3, -0.25) is 14.5 Å². The predicted octanol–water partition coefficient (Wildman–Crippen LogP) is 4.33. The van der Waals surface area contributed by atoms with Crippen LogP contribution in [0.25, 0.3) is 0 Å². The van der Waals surface area contributed by atoms with Gasteiger partial charge in [0.2, 0.25) is 5.91 Å². The number of hydrogen-bond acceptors (Lipinski definition) is 3. The van der Waals surface area contributed by atoms with Crippen molar-refractivity contribution in [2.75, 3.05) is 16.3 Å². The van der Waals surface area contributed by atoms with Gasteiger partial charge in [0.25, 0.3) is 5.91 Å². The van der Waals surface area contributed by atoms with Crippen LogP contribution in [0.2, 0.25) is 0 Å². The first kappa shape index (κ1) is 18.0. The Bertz CT molecular complexity index is 1000. The highest BCUT2D eigenvalue weighted by Gasteiger charge is 2.43. The fourth-order valence-corrected chi connectivity index (χ4v) is 3.81. The summed E-state index contributed by atoms with van der Waals surface area (Å²) in [7, 11) is 0. The van der Waals surface area contributed by atoms with Crippen molar-refractivity contribution >= 4 is 23.2 Å². The SMILES string of the molecule is Cc1ccc(N2C(=O)CN(c3c(C)cccc3C)C(=O)[C@H]2c2ccco2)cc1. The number of amides is 2. The molecule has 0 unspecified atom stereocenters. The summed E-state index contributed by atoms with van der Waals surface area (Å²) in [5, 5.41) is 0. The lowest BCUT2D eigenvalue weighted by Gasteiger charge is -2.40. The summed E-state index contributed by atoms with van der Waals surface area (Å²) in [4.78, 5) is 30.0. The van der Waals surface area contributed by atoms with E-state index >= 15 is 0 Å². The molecule has 1 atom stereocenters. The van der Waals surface area contributed by atoms with Crippen LogP contribution in [0.4, 0.5) is 11.4 Å². The van der Waals surface area contributed by atoms with Gasteiger partial charge in [0.15, 0.2) is 6.04 Å². The number of rotatable bonds is 3. The van der Waals surface area contributed by atoms with Crippen molar-refractivity contribution in [3.8, 4) is 0 Å². The molecule has 0 aliphatic carbocycles. The van der Waals surface area contributed by atoms with E-state index < -0.39 is 6.04 Å². The van der Waals surface area contributed by atoms with Crippen molar-refractivity contribution in [2.45, 2.75) is 26.8 Å². The molecule has 142 valence electrons. The van der Waals surface area contributed by atoms with E-state index in [0.717, 1.165) is 22.4 Å². The van der Waals surface area contributed by atoms with Crippen molar-refractivity contribution in [3.63, 3.8) is 0 Å². The van der Waals surface area contributed by atoms with Crippen molar-refractivity contribution < 1.29 is 14.0 Å². The summed E-state index contributed by atoms with van der Waals surface area (Å²) in [5.41, 5.74) is 4.49. The van der Waals surface area contributed by atoms with Gasteiger partial charge in [-0.05, 0) is 56.2 Å². The molecular weight excluding hydrogens is 352 g/mol. The minimum Gasteiger partial charge on any atom is -0.467 e. The van der Waals surface area contributed by atoms with E-state index in [4.69, 9.17) is 4.42 Å². The third-order valence-electron chi connectivity index (χ3n) is 5.15. The van der Waals surface area contributed by atoms with Gasteiger partial charge < -0.3 is 9.32 Å². The zero-order valence-electron chi connectivity index (χ0n) is 16.2. The van der Waals surface area contributed by atoms with Crippen LogP contribution in [0, 0.1) is 20.8 Å². The zero-order chi connectivity index (χ0) is 19.8. The van der Waals surface area contributed by atoms with Crippen LogP contribution in [-0.4, -0.2) is 18.4 Å². The molecule has 0 saturated carbocycles. The van der Waals surface area contributed by atoms with Crippen molar-refractivity contribution in [3.05, 3.63) is 83.3 Å². The van der Waals surface area contributed by atoms with Gasteiger partial charge in [-0.1, -0.05) is 35.9 Å². The maximum Gasteiger partial charge on any atom is 0.258 e. The van der Waals surface area contributed by atoms with E-state index in [2.05, 4.69) is 0 Å². The van der Waals surface area contributed by atoms with Crippen LogP contribution in [0.1, 0.15) is 28.5 Å². The topological polar surface area (TPSA) is 53.8 Å². The first-order chi connectivity index (χ1) is 13.5. The average Bonchev–Trinajstić information content (AvgIpc) is 3.19. The molecule has 28 heavy (non-hydrogen) atoms. The first-order valence-electron chi connectivity index (χ1n) is 9.27. The second-order valence-corrected chi connectivity index (χ2v) is 7.18. The number of anilines is 2. The van der Waals surface area contributed by atoms with Crippen molar-refractivity contribution in [1.29, 1.82) is 0 Å². The van der Waals surface area contributed by atoms with E-state index in [1.54, 1.807) is 21.9 Å². The normalized spacial score (nSPS) is 17.3. The van der Waals surface area contributed by atoms with E-state index in [0.29, 0.717) is 11.4 Å². The third kappa shape index (κ3) is 2.99. The van der Waals surface area contributed by atoms with Crippen LogP contribution < -0.4 is 9.80 Å². The fraction of sp³-hybridized carbons (Fsp3) is 0.217. The Balaban J connectivity index is 1.83. The molecule has 4 rings (SSSR count). The monoisotopic (exact) mass is 374 g/mol. The molecule has 5 heteroatoms. The molecule has 1 aromatic heterocycles. The minimum atomic E-state index is -0.835. The summed E-state index contributed by atoms with van der Waals surface area (Å²) in [6.07, 6.45) is 1.53. The Morgan fingerprint density at radius 3 is 2.18 bits per heavy atom. The quantitative estimate of drug-likeness (QED) is 0.686. The lowest BCUT2D eigenvalue weighted by Crippen LogP contribution is -2.56. The average molecular weight is 374 g/mol. The number of carbonyl (C=O) groups excluding carboxylic acids is 2. The second kappa shape index (κ2) is 7.00. The largest absolute Gasteiger partial charge is 0.467 e.